The molecule has 0 aliphatic rings. The molecule has 0 aliphatic carbocycles. The second-order valence-corrected chi connectivity index (χ2v) is 9.54. The largest absolute Gasteiger partial charge is 0.492 e. The van der Waals surface area contributed by atoms with Gasteiger partial charge in [0.2, 0.25) is 0 Å². The first-order valence-corrected chi connectivity index (χ1v) is 13.3. The van der Waals surface area contributed by atoms with Crippen molar-refractivity contribution >= 4 is 17.4 Å². The summed E-state index contributed by atoms with van der Waals surface area (Å²) in [4.78, 5) is 29.7. The summed E-state index contributed by atoms with van der Waals surface area (Å²) in [7, 11) is 0. The van der Waals surface area contributed by atoms with Crippen molar-refractivity contribution in [3.63, 3.8) is 0 Å². The van der Waals surface area contributed by atoms with Gasteiger partial charge >= 0.3 is 5.97 Å². The minimum absolute atomic E-state index is 0.170. The Balaban J connectivity index is 1.19. The summed E-state index contributed by atoms with van der Waals surface area (Å²) < 4.78 is 7.73. The molecule has 0 radical (unpaired) electrons. The maximum atomic E-state index is 13.1. The Bertz CT molecular complexity index is 1620. The highest BCUT2D eigenvalue weighted by atomic mass is 16.5. The lowest BCUT2D eigenvalue weighted by Gasteiger charge is -2.18. The van der Waals surface area contributed by atoms with Crippen LogP contribution in [-0.4, -0.2) is 44.3 Å². The fourth-order valence-corrected chi connectivity index (χ4v) is 4.49. The number of carboxylic acid groups (broad SMARTS) is 1. The van der Waals surface area contributed by atoms with Crippen LogP contribution in [0.2, 0.25) is 0 Å². The zero-order valence-corrected chi connectivity index (χ0v) is 22.6. The van der Waals surface area contributed by atoms with Crippen molar-refractivity contribution < 1.29 is 19.4 Å². The first kappa shape index (κ1) is 27.3. The third-order valence-corrected chi connectivity index (χ3v) is 6.66. The number of benzene rings is 4. The second-order valence-electron chi connectivity index (χ2n) is 9.54. The maximum absolute atomic E-state index is 13.1. The van der Waals surface area contributed by atoms with E-state index in [0.29, 0.717) is 41.5 Å². The highest BCUT2D eigenvalue weighted by Crippen LogP contribution is 2.22. The normalized spacial score (nSPS) is 11.5. The summed E-state index contributed by atoms with van der Waals surface area (Å²) in [5.41, 5.74) is 3.23. The number of ether oxygens (including phenoxy) is 1. The van der Waals surface area contributed by atoms with Crippen molar-refractivity contribution in [3.8, 4) is 17.1 Å². The van der Waals surface area contributed by atoms with E-state index in [0.717, 1.165) is 17.0 Å². The molecule has 206 valence electrons. The van der Waals surface area contributed by atoms with Crippen molar-refractivity contribution in [2.75, 3.05) is 11.9 Å². The van der Waals surface area contributed by atoms with E-state index in [4.69, 9.17) is 4.74 Å². The van der Waals surface area contributed by atoms with Crippen LogP contribution in [0, 0.1) is 6.92 Å². The molecule has 0 aliphatic heterocycles. The number of carboxylic acids is 1. The third-order valence-electron chi connectivity index (χ3n) is 6.66. The standard InChI is InChI=1S/C33H30N4O4/c1-23-34-32(26-12-6-3-7-13-26)36-37(23)20-21-41-27-18-16-24(17-19-27)22-30(33(39)40)35-29-15-9-8-14-28(29)31(38)25-10-4-2-5-11-25/h2-19,30,35H,20-22H2,1H3,(H,39,40). The van der Waals surface area contributed by atoms with Crippen LogP contribution in [0.25, 0.3) is 11.4 Å². The molecule has 8 heteroatoms. The van der Waals surface area contributed by atoms with Crippen LogP contribution in [-0.2, 0) is 17.8 Å². The summed E-state index contributed by atoms with van der Waals surface area (Å²) in [6, 6.07) is 32.1. The molecule has 0 fully saturated rings. The van der Waals surface area contributed by atoms with Crippen LogP contribution < -0.4 is 10.1 Å². The molecular weight excluding hydrogens is 516 g/mol. The molecule has 1 atom stereocenters. The summed E-state index contributed by atoms with van der Waals surface area (Å²) in [5.74, 6) is 0.985. The number of nitrogens with zero attached hydrogens (tertiary/aromatic N) is 3. The van der Waals surface area contributed by atoms with Crippen LogP contribution >= 0.6 is 0 Å². The number of aromatic nitrogens is 3. The van der Waals surface area contributed by atoms with Crippen LogP contribution in [0.3, 0.4) is 0 Å². The van der Waals surface area contributed by atoms with E-state index < -0.39 is 12.0 Å². The monoisotopic (exact) mass is 546 g/mol. The Morgan fingerprint density at radius 2 is 1.54 bits per heavy atom. The van der Waals surface area contributed by atoms with Gasteiger partial charge in [-0.15, -0.1) is 0 Å². The van der Waals surface area contributed by atoms with E-state index >= 15 is 0 Å². The average Bonchev–Trinajstić information content (AvgIpc) is 3.38. The first-order chi connectivity index (χ1) is 20.0. The fraction of sp³-hybridized carbons (Fsp3) is 0.152. The number of ketones is 1. The number of hydrogen-bond donors (Lipinski definition) is 2. The fourth-order valence-electron chi connectivity index (χ4n) is 4.49. The molecule has 5 aromatic rings. The van der Waals surface area contributed by atoms with Crippen LogP contribution in [0.1, 0.15) is 27.3 Å². The third kappa shape index (κ3) is 6.86. The van der Waals surface area contributed by atoms with Crippen molar-refractivity contribution in [2.45, 2.75) is 25.9 Å². The minimum Gasteiger partial charge on any atom is -0.492 e. The number of aliphatic carboxylic acids is 1. The Hall–Kier alpha value is -5.24. The number of hydrogen-bond acceptors (Lipinski definition) is 6. The van der Waals surface area contributed by atoms with Gasteiger partial charge in [-0.2, -0.15) is 5.10 Å². The Morgan fingerprint density at radius 1 is 0.878 bits per heavy atom. The first-order valence-electron chi connectivity index (χ1n) is 13.3. The molecule has 41 heavy (non-hydrogen) atoms. The van der Waals surface area contributed by atoms with Gasteiger partial charge in [-0.1, -0.05) is 84.9 Å². The summed E-state index contributed by atoms with van der Waals surface area (Å²) in [6.45, 7) is 2.86. The molecule has 4 aromatic carbocycles. The lowest BCUT2D eigenvalue weighted by Crippen LogP contribution is -2.32. The molecule has 8 nitrogen and oxygen atoms in total. The quantitative estimate of drug-likeness (QED) is 0.194. The lowest BCUT2D eigenvalue weighted by molar-refractivity contribution is -0.137. The molecule has 2 N–H and O–H groups in total. The van der Waals surface area contributed by atoms with Crippen LogP contribution in [0.15, 0.2) is 109 Å². The number of anilines is 1. The topological polar surface area (TPSA) is 106 Å². The highest BCUT2D eigenvalue weighted by Gasteiger charge is 2.21. The van der Waals surface area contributed by atoms with Crippen molar-refractivity contribution in [1.82, 2.24) is 14.8 Å². The molecular formula is C33H30N4O4. The van der Waals surface area contributed by atoms with Gasteiger partial charge in [0.1, 0.15) is 24.2 Å². The van der Waals surface area contributed by atoms with E-state index in [-0.39, 0.29) is 12.2 Å². The van der Waals surface area contributed by atoms with Gasteiger partial charge < -0.3 is 15.2 Å². The number of rotatable bonds is 12. The van der Waals surface area contributed by atoms with Gasteiger partial charge in [-0.05, 0) is 36.8 Å². The summed E-state index contributed by atoms with van der Waals surface area (Å²) in [5, 5.41) is 17.6. The summed E-state index contributed by atoms with van der Waals surface area (Å²) in [6.07, 6.45) is 0.226. The van der Waals surface area contributed by atoms with E-state index in [9.17, 15) is 14.7 Å². The maximum Gasteiger partial charge on any atom is 0.326 e. The zero-order chi connectivity index (χ0) is 28.6. The lowest BCUT2D eigenvalue weighted by atomic mass is 10.00. The number of para-hydroxylation sites is 1. The Kier molecular flexibility index (Phi) is 8.49. The number of carbonyl (C=O) groups is 2. The predicted octanol–water partition coefficient (Wildman–Crippen LogP) is 5.67. The molecule has 5 rings (SSSR count). The summed E-state index contributed by atoms with van der Waals surface area (Å²) >= 11 is 0. The number of carbonyl (C=O) groups excluding carboxylic acids is 1. The van der Waals surface area contributed by atoms with Gasteiger partial charge in [0.25, 0.3) is 0 Å². The smallest absolute Gasteiger partial charge is 0.326 e. The van der Waals surface area contributed by atoms with Crippen molar-refractivity contribution in [3.05, 3.63) is 132 Å². The molecule has 1 unspecified atom stereocenters. The van der Waals surface area contributed by atoms with Gasteiger partial charge in [0.15, 0.2) is 11.6 Å². The Morgan fingerprint density at radius 3 is 2.24 bits per heavy atom. The molecule has 0 saturated heterocycles. The van der Waals surface area contributed by atoms with E-state index in [1.807, 2.05) is 72.3 Å². The van der Waals surface area contributed by atoms with E-state index in [1.165, 1.54) is 0 Å². The second kappa shape index (κ2) is 12.7. The van der Waals surface area contributed by atoms with E-state index in [1.54, 1.807) is 48.5 Å². The average molecular weight is 547 g/mol. The predicted molar refractivity (Wildman–Crippen MR) is 157 cm³/mol. The molecule has 0 amide bonds. The number of nitrogens with one attached hydrogen (secondary N) is 1. The van der Waals surface area contributed by atoms with Crippen LogP contribution in [0.5, 0.6) is 5.75 Å². The SMILES string of the molecule is Cc1nc(-c2ccccc2)nn1CCOc1ccc(CC(Nc2ccccc2C(=O)c2ccccc2)C(=O)O)cc1. The molecule has 0 bridgehead atoms. The Labute approximate surface area is 238 Å². The van der Waals surface area contributed by atoms with Gasteiger partial charge in [0, 0.05) is 28.8 Å². The zero-order valence-electron chi connectivity index (χ0n) is 22.6. The van der Waals surface area contributed by atoms with Gasteiger partial charge in [-0.3, -0.25) is 4.79 Å². The molecule has 1 heterocycles. The van der Waals surface area contributed by atoms with Crippen molar-refractivity contribution in [2.24, 2.45) is 0 Å². The minimum atomic E-state index is -1.01. The highest BCUT2D eigenvalue weighted by molar-refractivity contribution is 6.12. The van der Waals surface area contributed by atoms with Crippen LogP contribution in [0.4, 0.5) is 5.69 Å². The van der Waals surface area contributed by atoms with E-state index in [2.05, 4.69) is 15.4 Å². The van der Waals surface area contributed by atoms with Gasteiger partial charge in [-0.25, -0.2) is 14.5 Å². The molecule has 1 aromatic heterocycles. The number of aryl methyl sites for hydroxylation is 1. The molecule has 0 saturated carbocycles. The van der Waals surface area contributed by atoms with Crippen molar-refractivity contribution in [1.29, 1.82) is 0 Å². The molecule has 0 spiro atoms. The van der Waals surface area contributed by atoms with Gasteiger partial charge in [0.05, 0.1) is 6.54 Å².